The van der Waals surface area contributed by atoms with E-state index in [1.807, 2.05) is 0 Å². The third-order valence-electron chi connectivity index (χ3n) is 3.17. The van der Waals surface area contributed by atoms with Crippen LogP contribution in [0.1, 0.15) is 22.7 Å². The molecule has 0 radical (unpaired) electrons. The van der Waals surface area contributed by atoms with Gasteiger partial charge in [0.1, 0.15) is 17.5 Å². The van der Waals surface area contributed by atoms with Gasteiger partial charge in [0.05, 0.1) is 6.04 Å². The summed E-state index contributed by atoms with van der Waals surface area (Å²) in [6, 6.07) is 5.61. The number of halogens is 4. The third kappa shape index (κ3) is 2.67. The van der Waals surface area contributed by atoms with Gasteiger partial charge in [-0.3, -0.25) is 0 Å². The van der Waals surface area contributed by atoms with Gasteiger partial charge in [0, 0.05) is 22.2 Å². The Balaban J connectivity index is 2.62. The predicted molar refractivity (Wildman–Crippen MR) is 73.4 cm³/mol. The Kier molecular flexibility index (Phi) is 4.35. The van der Waals surface area contributed by atoms with E-state index in [0.29, 0.717) is 0 Å². The highest BCUT2D eigenvalue weighted by Crippen LogP contribution is 2.32. The molecule has 2 aromatic rings. The average molecular weight is 300 g/mol. The van der Waals surface area contributed by atoms with Gasteiger partial charge in [-0.2, -0.15) is 0 Å². The summed E-state index contributed by atoms with van der Waals surface area (Å²) in [7, 11) is 1.56. The molecule has 0 bridgehead atoms. The van der Waals surface area contributed by atoms with Gasteiger partial charge in [0.25, 0.3) is 0 Å². The standard InChI is InChI=1S/C15H13ClF3N/c1-8-6-9(13(19)7-12(8)18)15(20-2)14-10(16)4-3-5-11(14)17/h3-7,15,20H,1-2H3. The van der Waals surface area contributed by atoms with Crippen molar-refractivity contribution >= 4 is 11.6 Å². The summed E-state index contributed by atoms with van der Waals surface area (Å²) < 4.78 is 41.3. The molecule has 5 heteroatoms. The van der Waals surface area contributed by atoms with Crippen LogP contribution in [0, 0.1) is 24.4 Å². The molecule has 2 aromatic carbocycles. The van der Waals surface area contributed by atoms with Crippen LogP contribution in [0.15, 0.2) is 30.3 Å². The molecule has 0 aliphatic heterocycles. The van der Waals surface area contributed by atoms with Crippen molar-refractivity contribution < 1.29 is 13.2 Å². The zero-order valence-electron chi connectivity index (χ0n) is 11.0. The molecule has 0 aromatic heterocycles. The van der Waals surface area contributed by atoms with Gasteiger partial charge in [0.2, 0.25) is 0 Å². The van der Waals surface area contributed by atoms with Gasteiger partial charge in [0.15, 0.2) is 0 Å². The van der Waals surface area contributed by atoms with Gasteiger partial charge < -0.3 is 5.32 Å². The molecule has 0 aliphatic rings. The fraction of sp³-hybridized carbons (Fsp3) is 0.200. The molecule has 1 nitrogen and oxygen atoms in total. The molecule has 0 amide bonds. The van der Waals surface area contributed by atoms with Crippen molar-refractivity contribution in [1.29, 1.82) is 0 Å². The van der Waals surface area contributed by atoms with E-state index in [0.717, 1.165) is 6.07 Å². The fourth-order valence-electron chi connectivity index (χ4n) is 2.14. The fourth-order valence-corrected chi connectivity index (χ4v) is 2.41. The molecule has 20 heavy (non-hydrogen) atoms. The van der Waals surface area contributed by atoms with E-state index >= 15 is 0 Å². The number of hydrogen-bond donors (Lipinski definition) is 1. The Labute approximate surface area is 120 Å². The Morgan fingerprint density at radius 3 is 2.35 bits per heavy atom. The molecule has 0 heterocycles. The first-order chi connectivity index (χ1) is 9.45. The summed E-state index contributed by atoms with van der Waals surface area (Å²) in [5.41, 5.74) is 0.578. The Morgan fingerprint density at radius 1 is 1.05 bits per heavy atom. The lowest BCUT2D eigenvalue weighted by Crippen LogP contribution is -2.21. The van der Waals surface area contributed by atoms with Crippen LogP contribution in [0.3, 0.4) is 0 Å². The second kappa shape index (κ2) is 5.85. The highest BCUT2D eigenvalue weighted by Gasteiger charge is 2.23. The van der Waals surface area contributed by atoms with E-state index in [-0.39, 0.29) is 21.7 Å². The van der Waals surface area contributed by atoms with E-state index in [1.165, 1.54) is 31.2 Å². The lowest BCUT2D eigenvalue weighted by Gasteiger charge is -2.20. The second-order valence-electron chi connectivity index (χ2n) is 4.48. The lowest BCUT2D eigenvalue weighted by atomic mass is 9.96. The maximum atomic E-state index is 14.0. The Morgan fingerprint density at radius 2 is 1.75 bits per heavy atom. The smallest absolute Gasteiger partial charge is 0.131 e. The molecule has 0 saturated carbocycles. The first-order valence-corrected chi connectivity index (χ1v) is 6.40. The number of aryl methyl sites for hydroxylation is 1. The molecule has 1 N–H and O–H groups in total. The number of benzene rings is 2. The van der Waals surface area contributed by atoms with Gasteiger partial charge in [-0.1, -0.05) is 17.7 Å². The topological polar surface area (TPSA) is 12.0 Å². The minimum absolute atomic E-state index is 0.140. The average Bonchev–Trinajstić information content (AvgIpc) is 2.39. The molecule has 0 fully saturated rings. The quantitative estimate of drug-likeness (QED) is 0.887. The van der Waals surface area contributed by atoms with Crippen molar-refractivity contribution in [3.8, 4) is 0 Å². The van der Waals surface area contributed by atoms with Crippen LogP contribution >= 0.6 is 11.6 Å². The van der Waals surface area contributed by atoms with Crippen LogP contribution in [0.4, 0.5) is 13.2 Å². The van der Waals surface area contributed by atoms with Gasteiger partial charge in [-0.05, 0) is 37.7 Å². The highest BCUT2D eigenvalue weighted by atomic mass is 35.5. The van der Waals surface area contributed by atoms with Crippen molar-refractivity contribution in [3.05, 3.63) is 69.5 Å². The molecular weight excluding hydrogens is 287 g/mol. The zero-order chi connectivity index (χ0) is 14.9. The van der Waals surface area contributed by atoms with Crippen molar-refractivity contribution in [1.82, 2.24) is 5.32 Å². The number of nitrogens with one attached hydrogen (secondary N) is 1. The first-order valence-electron chi connectivity index (χ1n) is 6.02. The van der Waals surface area contributed by atoms with Crippen molar-refractivity contribution in [2.45, 2.75) is 13.0 Å². The van der Waals surface area contributed by atoms with Crippen LogP contribution < -0.4 is 5.32 Å². The summed E-state index contributed by atoms with van der Waals surface area (Å²) in [6.07, 6.45) is 0. The van der Waals surface area contributed by atoms with E-state index in [1.54, 1.807) is 7.05 Å². The predicted octanol–water partition coefficient (Wildman–Crippen LogP) is 4.37. The molecule has 0 spiro atoms. The number of rotatable bonds is 3. The molecular formula is C15H13ClF3N. The van der Waals surface area contributed by atoms with Crippen molar-refractivity contribution in [2.24, 2.45) is 0 Å². The van der Waals surface area contributed by atoms with Gasteiger partial charge >= 0.3 is 0 Å². The van der Waals surface area contributed by atoms with E-state index in [2.05, 4.69) is 5.32 Å². The summed E-state index contributed by atoms with van der Waals surface area (Å²) in [5.74, 6) is -1.93. The highest BCUT2D eigenvalue weighted by molar-refractivity contribution is 6.31. The van der Waals surface area contributed by atoms with Gasteiger partial charge in [-0.25, -0.2) is 13.2 Å². The molecule has 1 atom stereocenters. The van der Waals surface area contributed by atoms with Crippen molar-refractivity contribution in [2.75, 3.05) is 7.05 Å². The van der Waals surface area contributed by atoms with Crippen LogP contribution in [-0.2, 0) is 0 Å². The monoisotopic (exact) mass is 299 g/mol. The summed E-state index contributed by atoms with van der Waals surface area (Å²) in [5, 5.41) is 3.00. The zero-order valence-corrected chi connectivity index (χ0v) is 11.7. The SMILES string of the molecule is CNC(c1cc(C)c(F)cc1F)c1c(F)cccc1Cl. The Bertz CT molecular complexity index is 623. The van der Waals surface area contributed by atoms with E-state index in [4.69, 9.17) is 11.6 Å². The van der Waals surface area contributed by atoms with Crippen LogP contribution in [0.5, 0.6) is 0 Å². The van der Waals surface area contributed by atoms with Gasteiger partial charge in [-0.15, -0.1) is 0 Å². The number of hydrogen-bond acceptors (Lipinski definition) is 1. The maximum Gasteiger partial charge on any atom is 0.131 e. The van der Waals surface area contributed by atoms with Crippen LogP contribution in [0.25, 0.3) is 0 Å². The molecule has 106 valence electrons. The minimum Gasteiger partial charge on any atom is -0.309 e. The molecule has 2 rings (SSSR count). The first kappa shape index (κ1) is 14.9. The van der Waals surface area contributed by atoms with Crippen LogP contribution in [-0.4, -0.2) is 7.05 Å². The normalized spacial score (nSPS) is 12.5. The lowest BCUT2D eigenvalue weighted by molar-refractivity contribution is 0.532. The molecule has 1 unspecified atom stereocenters. The second-order valence-corrected chi connectivity index (χ2v) is 4.89. The minimum atomic E-state index is -0.789. The van der Waals surface area contributed by atoms with E-state index < -0.39 is 23.5 Å². The summed E-state index contributed by atoms with van der Waals surface area (Å²) in [4.78, 5) is 0. The molecule has 0 aliphatic carbocycles. The largest absolute Gasteiger partial charge is 0.309 e. The summed E-state index contributed by atoms with van der Waals surface area (Å²) >= 11 is 6.00. The van der Waals surface area contributed by atoms with Crippen LogP contribution in [0.2, 0.25) is 5.02 Å². The maximum absolute atomic E-state index is 14.0. The van der Waals surface area contributed by atoms with E-state index in [9.17, 15) is 13.2 Å². The Hall–Kier alpha value is -1.52. The molecule has 0 saturated heterocycles. The third-order valence-corrected chi connectivity index (χ3v) is 3.50. The summed E-state index contributed by atoms with van der Waals surface area (Å²) in [6.45, 7) is 1.52. The van der Waals surface area contributed by atoms with Crippen molar-refractivity contribution in [3.63, 3.8) is 0 Å².